The molecule has 4 aliphatic rings. The summed E-state index contributed by atoms with van der Waals surface area (Å²) in [5.74, 6) is 0.419. The molecule has 2 heteroatoms. The molecule has 0 radical (unpaired) electrons. The Morgan fingerprint density at radius 3 is 1.64 bits per heavy atom. The molecule has 17 rings (SSSR count). The molecule has 1 spiro atoms. The van der Waals surface area contributed by atoms with Gasteiger partial charge in [-0.15, -0.1) is 0 Å². The summed E-state index contributed by atoms with van der Waals surface area (Å²) >= 11 is 0. The lowest BCUT2D eigenvalue weighted by molar-refractivity contribution is 0.338. The van der Waals surface area contributed by atoms with Crippen LogP contribution in [0, 0.1) is 19.8 Å². The number of aryl methyl sites for hydroxylation is 2. The van der Waals surface area contributed by atoms with E-state index in [0.29, 0.717) is 5.92 Å². The molecule has 448 valence electrons. The first-order valence-corrected chi connectivity index (χ1v) is 34.0. The van der Waals surface area contributed by atoms with Crippen molar-refractivity contribution in [2.45, 2.75) is 110 Å². The number of anilines is 3. The van der Waals surface area contributed by atoms with E-state index in [9.17, 15) is 0 Å². The van der Waals surface area contributed by atoms with E-state index in [0.717, 1.165) is 23.5 Å². The second kappa shape index (κ2) is 21.4. The quantitative estimate of drug-likeness (QED) is 0.0985. The molecule has 0 saturated carbocycles. The highest BCUT2D eigenvalue weighted by Gasteiger charge is 2.52. The molecule has 2 nitrogen and oxygen atoms in total. The summed E-state index contributed by atoms with van der Waals surface area (Å²) in [6.07, 6.45) is 8.90. The highest BCUT2D eigenvalue weighted by Crippen LogP contribution is 2.63. The first-order valence-electron chi connectivity index (χ1n) is 34.0. The normalized spacial score (nSPS) is 15.5. The highest BCUT2D eigenvalue weighted by molar-refractivity contribution is 6.14. The van der Waals surface area contributed by atoms with Crippen LogP contribution in [0.5, 0.6) is 0 Å². The van der Waals surface area contributed by atoms with Crippen LogP contribution in [0.15, 0.2) is 255 Å². The molecule has 0 bridgehead atoms. The Balaban J connectivity index is 0.856. The largest absolute Gasteiger partial charge is 0.310 e. The molecule has 12 aromatic carbocycles. The van der Waals surface area contributed by atoms with Crippen LogP contribution >= 0.6 is 0 Å². The molecule has 0 amide bonds. The van der Waals surface area contributed by atoms with E-state index in [1.807, 2.05) is 0 Å². The Morgan fingerprint density at radius 2 is 0.902 bits per heavy atom. The van der Waals surface area contributed by atoms with Gasteiger partial charge in [0.25, 0.3) is 0 Å². The average Bonchev–Trinajstić information content (AvgIpc) is 1.46. The Hall–Kier alpha value is -9.76. The van der Waals surface area contributed by atoms with Crippen LogP contribution in [0.2, 0.25) is 0 Å². The van der Waals surface area contributed by atoms with Gasteiger partial charge < -0.3 is 9.47 Å². The molecule has 1 atom stereocenters. The highest BCUT2D eigenvalue weighted by atomic mass is 15.1. The zero-order chi connectivity index (χ0) is 62.2. The van der Waals surface area contributed by atoms with Gasteiger partial charge in [0.05, 0.1) is 27.8 Å². The van der Waals surface area contributed by atoms with E-state index in [-0.39, 0.29) is 10.8 Å². The van der Waals surface area contributed by atoms with Crippen LogP contribution in [0.1, 0.15) is 135 Å². The number of rotatable bonds is 14. The number of unbranched alkanes of at least 4 members (excludes halogenated alkanes) is 5. The fraction of sp³-hybridized carbons (Fsp3) is 0.200. The topological polar surface area (TPSA) is 8.17 Å². The predicted octanol–water partition coefficient (Wildman–Crippen LogP) is 24.5. The van der Waals surface area contributed by atoms with Crippen LogP contribution in [0.25, 0.3) is 94.3 Å². The molecular weight excluding hydrogens is 1110 g/mol. The minimum atomic E-state index is -0.644. The van der Waals surface area contributed by atoms with Crippen LogP contribution in [0.3, 0.4) is 0 Å². The molecule has 1 unspecified atom stereocenters. The van der Waals surface area contributed by atoms with Gasteiger partial charge in [-0.05, 0) is 205 Å². The van der Waals surface area contributed by atoms with Crippen molar-refractivity contribution in [1.82, 2.24) is 4.57 Å². The molecular formula is C90H78N2. The van der Waals surface area contributed by atoms with E-state index in [1.165, 1.54) is 188 Å². The van der Waals surface area contributed by atoms with Gasteiger partial charge in [-0.1, -0.05) is 266 Å². The Bertz CT molecular complexity index is 5080. The Labute approximate surface area is 543 Å². The Kier molecular flexibility index (Phi) is 13.1. The third-order valence-corrected chi connectivity index (χ3v) is 22.2. The summed E-state index contributed by atoms with van der Waals surface area (Å²) in [6, 6.07) is 98.6. The van der Waals surface area contributed by atoms with Crippen LogP contribution < -0.4 is 4.90 Å². The number of hydrogen-bond acceptors (Lipinski definition) is 1. The SMILES string of the molecule is CCCCCCCCC1(C(C)C)c2cc(C)ccc2-c2ccc(-c3cc4c5c(c3)c3cc(C)ccc3n5-c3ccc(-c5ccc(N(c6ccc7c(c6)C(C)(C)c6ccccc6-7)c6ccccc6-c6ccccc6)cc5)cc3C43c4ccccc4-c4ccccc43)cc21. The van der Waals surface area contributed by atoms with Gasteiger partial charge >= 0.3 is 0 Å². The molecule has 13 aromatic rings. The van der Waals surface area contributed by atoms with E-state index >= 15 is 0 Å². The van der Waals surface area contributed by atoms with Crippen LogP contribution in [-0.2, 0) is 16.2 Å². The third kappa shape index (κ3) is 8.18. The second-order valence-corrected chi connectivity index (χ2v) is 28.0. The standard InChI is InChI=1S/C90H78N2/c1-8-9-10-11-12-24-49-89(57(2)3)80-51-59(5)35-44-72(80)73-45-39-63(53-81(73)89)64-52-75-74-50-58(4)36-47-85(74)92-86-48-40-62(54-82(86)90(83(55-64)87(75)92)77-32-21-17-29-69(77)70-30-18-22-33-78(70)90)60-37-41-65(42-38-60)91(84-34-23-19-27-67(84)61-25-14-13-15-26-61)66-43-46-71-68-28-16-20-31-76(68)88(6,7)79(71)56-66/h13-23,25-48,50-57H,8-12,24,49H2,1-7H3. The number of fused-ring (bicyclic) bond motifs is 18. The van der Waals surface area contributed by atoms with Gasteiger partial charge in [-0.2, -0.15) is 0 Å². The fourth-order valence-electron chi connectivity index (χ4n) is 17.8. The molecule has 0 N–H and O–H groups in total. The maximum Gasteiger partial charge on any atom is 0.0754 e. The summed E-state index contributed by atoms with van der Waals surface area (Å²) in [5.41, 5.74) is 35.4. The zero-order valence-electron chi connectivity index (χ0n) is 54.2. The first kappa shape index (κ1) is 56.2. The molecule has 3 aliphatic carbocycles. The summed E-state index contributed by atoms with van der Waals surface area (Å²) in [6.45, 7) is 16.6. The maximum atomic E-state index is 2.65. The van der Waals surface area contributed by atoms with Crippen molar-refractivity contribution in [3.8, 4) is 72.4 Å². The number of benzene rings is 12. The van der Waals surface area contributed by atoms with Gasteiger partial charge in [-0.25, -0.2) is 0 Å². The zero-order valence-corrected chi connectivity index (χ0v) is 54.2. The monoisotopic (exact) mass is 1190 g/mol. The summed E-state index contributed by atoms with van der Waals surface area (Å²) in [4.78, 5) is 2.48. The van der Waals surface area contributed by atoms with Crippen molar-refractivity contribution in [3.05, 3.63) is 310 Å². The lowest BCUT2D eigenvalue weighted by Crippen LogP contribution is -2.33. The van der Waals surface area contributed by atoms with Gasteiger partial charge in [0.1, 0.15) is 0 Å². The van der Waals surface area contributed by atoms with Crippen molar-refractivity contribution in [2.24, 2.45) is 5.92 Å². The average molecular weight is 1190 g/mol. The van der Waals surface area contributed by atoms with Gasteiger partial charge in [0, 0.05) is 38.5 Å². The van der Waals surface area contributed by atoms with Crippen molar-refractivity contribution in [2.75, 3.05) is 4.90 Å². The Morgan fingerprint density at radius 1 is 0.370 bits per heavy atom. The van der Waals surface area contributed by atoms with Gasteiger partial charge in [0.15, 0.2) is 0 Å². The van der Waals surface area contributed by atoms with Crippen LogP contribution in [-0.4, -0.2) is 4.57 Å². The lowest BCUT2D eigenvalue weighted by atomic mass is 9.64. The summed E-state index contributed by atoms with van der Waals surface area (Å²) in [5, 5.41) is 2.60. The summed E-state index contributed by atoms with van der Waals surface area (Å²) in [7, 11) is 0. The third-order valence-electron chi connectivity index (χ3n) is 22.2. The van der Waals surface area contributed by atoms with Crippen molar-refractivity contribution in [1.29, 1.82) is 0 Å². The number of hydrogen-bond donors (Lipinski definition) is 0. The molecule has 2 heterocycles. The number of aromatic nitrogens is 1. The molecule has 0 saturated heterocycles. The molecule has 1 aromatic heterocycles. The van der Waals surface area contributed by atoms with E-state index in [1.54, 1.807) is 0 Å². The van der Waals surface area contributed by atoms with Crippen molar-refractivity contribution in [3.63, 3.8) is 0 Å². The molecule has 0 fully saturated rings. The first-order chi connectivity index (χ1) is 45.0. The fourth-order valence-corrected chi connectivity index (χ4v) is 17.8. The predicted molar refractivity (Wildman–Crippen MR) is 389 cm³/mol. The van der Waals surface area contributed by atoms with Gasteiger partial charge in [-0.3, -0.25) is 0 Å². The second-order valence-electron chi connectivity index (χ2n) is 28.0. The van der Waals surface area contributed by atoms with Crippen LogP contribution in [0.4, 0.5) is 17.1 Å². The molecule has 1 aliphatic heterocycles. The maximum absolute atomic E-state index is 2.65. The smallest absolute Gasteiger partial charge is 0.0754 e. The summed E-state index contributed by atoms with van der Waals surface area (Å²) < 4.78 is 2.63. The minimum Gasteiger partial charge on any atom is -0.310 e. The number of para-hydroxylation sites is 1. The van der Waals surface area contributed by atoms with E-state index in [4.69, 9.17) is 0 Å². The minimum absolute atomic E-state index is 0.0853. The van der Waals surface area contributed by atoms with E-state index < -0.39 is 5.41 Å². The lowest BCUT2D eigenvalue weighted by Gasteiger charge is -2.40. The van der Waals surface area contributed by atoms with E-state index in [2.05, 4.69) is 313 Å². The number of nitrogens with zero attached hydrogens (tertiary/aromatic N) is 2. The molecule has 92 heavy (non-hydrogen) atoms. The van der Waals surface area contributed by atoms with Crippen molar-refractivity contribution < 1.29 is 0 Å². The van der Waals surface area contributed by atoms with Gasteiger partial charge in [0.2, 0.25) is 0 Å². The van der Waals surface area contributed by atoms with Crippen molar-refractivity contribution >= 4 is 38.9 Å².